The van der Waals surface area contributed by atoms with E-state index in [0.717, 1.165) is 22.9 Å². The summed E-state index contributed by atoms with van der Waals surface area (Å²) in [4.78, 5) is 24.8. The Bertz CT molecular complexity index is 876. The molecule has 4 rings (SSSR count). The zero-order valence-electron chi connectivity index (χ0n) is 14.5. The van der Waals surface area contributed by atoms with Crippen LogP contribution in [0.15, 0.2) is 42.6 Å². The van der Waals surface area contributed by atoms with Crippen molar-refractivity contribution in [3.63, 3.8) is 0 Å². The summed E-state index contributed by atoms with van der Waals surface area (Å²) in [6.45, 7) is 0. The fourth-order valence-electron chi connectivity index (χ4n) is 3.68. The third-order valence-corrected chi connectivity index (χ3v) is 5.63. The van der Waals surface area contributed by atoms with Crippen LogP contribution in [0.4, 0.5) is 4.39 Å². The van der Waals surface area contributed by atoms with Crippen LogP contribution in [0.3, 0.4) is 0 Å². The highest BCUT2D eigenvalue weighted by Crippen LogP contribution is 2.37. The van der Waals surface area contributed by atoms with Crippen LogP contribution in [-0.4, -0.2) is 26.2 Å². The topological polar surface area (TPSA) is 84.0 Å². The number of fused-ring (bicyclic) bond motifs is 1. The van der Waals surface area contributed by atoms with Crippen molar-refractivity contribution in [3.05, 3.63) is 59.4 Å². The first-order valence-corrected chi connectivity index (χ1v) is 9.62. The molecule has 8 heteroatoms. The summed E-state index contributed by atoms with van der Waals surface area (Å²) in [5, 5.41) is 5.85. The van der Waals surface area contributed by atoms with E-state index in [0.29, 0.717) is 18.5 Å². The van der Waals surface area contributed by atoms with Crippen LogP contribution < -0.4 is 10.6 Å². The Balaban J connectivity index is 1.51. The largest absolute Gasteiger partial charge is 0.346 e. The van der Waals surface area contributed by atoms with Crippen LogP contribution >= 0.6 is 11.7 Å². The highest BCUT2D eigenvalue weighted by molar-refractivity contribution is 6.99. The maximum atomic E-state index is 14.7. The van der Waals surface area contributed by atoms with Gasteiger partial charge < -0.3 is 10.6 Å². The van der Waals surface area contributed by atoms with Crippen LogP contribution in [0.2, 0.25) is 0 Å². The van der Waals surface area contributed by atoms with Gasteiger partial charge in [-0.3, -0.25) is 9.59 Å². The molecule has 6 nitrogen and oxygen atoms in total. The number of alkyl halides is 1. The van der Waals surface area contributed by atoms with E-state index >= 15 is 0 Å². The normalized spacial score (nSPS) is 22.9. The lowest BCUT2D eigenvalue weighted by molar-refractivity contribution is -0.133. The number of allylic oxidation sites excluding steroid dienone is 2. The number of nitrogens with zero attached hydrogens (tertiary/aromatic N) is 2. The van der Waals surface area contributed by atoms with E-state index < -0.39 is 11.6 Å². The zero-order valence-corrected chi connectivity index (χ0v) is 15.3. The SMILES string of the molecule is O=C(NC1CCC(NC(=O)C2(F)CC=CC2)c2ccccc21)c1cnsn1. The van der Waals surface area contributed by atoms with Gasteiger partial charge in [-0.15, -0.1) is 0 Å². The van der Waals surface area contributed by atoms with Crippen molar-refractivity contribution in [1.82, 2.24) is 19.4 Å². The van der Waals surface area contributed by atoms with Crippen molar-refractivity contribution in [2.24, 2.45) is 0 Å². The molecular weight excluding hydrogens is 367 g/mol. The third kappa shape index (κ3) is 3.49. The molecule has 0 bridgehead atoms. The summed E-state index contributed by atoms with van der Waals surface area (Å²) in [7, 11) is 0. The Kier molecular flexibility index (Phi) is 4.73. The molecule has 140 valence electrons. The van der Waals surface area contributed by atoms with Gasteiger partial charge in [0, 0.05) is 12.8 Å². The van der Waals surface area contributed by atoms with Crippen LogP contribution in [0.5, 0.6) is 0 Å². The minimum absolute atomic E-state index is 0.119. The first-order valence-electron chi connectivity index (χ1n) is 8.89. The highest BCUT2D eigenvalue weighted by Gasteiger charge is 2.41. The van der Waals surface area contributed by atoms with Crippen molar-refractivity contribution in [1.29, 1.82) is 0 Å². The average molecular weight is 386 g/mol. The summed E-state index contributed by atoms with van der Waals surface area (Å²) in [5.74, 6) is -0.839. The smallest absolute Gasteiger partial charge is 0.273 e. The highest BCUT2D eigenvalue weighted by atomic mass is 32.1. The van der Waals surface area contributed by atoms with Crippen molar-refractivity contribution >= 4 is 23.5 Å². The van der Waals surface area contributed by atoms with Gasteiger partial charge >= 0.3 is 0 Å². The van der Waals surface area contributed by atoms with Crippen LogP contribution in [0, 0.1) is 0 Å². The summed E-state index contributed by atoms with van der Waals surface area (Å²) in [5.41, 5.74) is 0.287. The van der Waals surface area contributed by atoms with E-state index in [4.69, 9.17) is 0 Å². The lowest BCUT2D eigenvalue weighted by Crippen LogP contribution is -2.45. The van der Waals surface area contributed by atoms with Crippen LogP contribution in [-0.2, 0) is 4.79 Å². The fourth-order valence-corrected chi connectivity index (χ4v) is 4.10. The molecule has 0 aliphatic heterocycles. The monoisotopic (exact) mass is 386 g/mol. The standard InChI is InChI=1S/C19H19FN4O2S/c20-19(9-3-4-10-19)18(26)23-15-8-7-14(12-5-1-2-6-13(12)15)22-17(25)16-11-21-27-24-16/h1-6,11,14-15H,7-10H2,(H,22,25)(H,23,26). The predicted molar refractivity (Wildman–Crippen MR) is 98.9 cm³/mol. The van der Waals surface area contributed by atoms with E-state index in [9.17, 15) is 14.0 Å². The molecule has 2 aliphatic carbocycles. The minimum Gasteiger partial charge on any atom is -0.346 e. The number of nitrogens with one attached hydrogen (secondary N) is 2. The zero-order chi connectivity index (χ0) is 18.9. The second-order valence-corrected chi connectivity index (χ2v) is 7.45. The molecule has 2 amide bonds. The van der Waals surface area contributed by atoms with Gasteiger partial charge in [0.2, 0.25) is 0 Å². The quantitative estimate of drug-likeness (QED) is 0.791. The molecule has 2 N–H and O–H groups in total. The first-order chi connectivity index (χ1) is 13.1. The van der Waals surface area contributed by atoms with Crippen molar-refractivity contribution in [3.8, 4) is 0 Å². The average Bonchev–Trinajstić information content (AvgIpc) is 3.36. The van der Waals surface area contributed by atoms with Gasteiger partial charge in [0.25, 0.3) is 11.8 Å². The van der Waals surface area contributed by atoms with Crippen LogP contribution in [0.1, 0.15) is 59.4 Å². The van der Waals surface area contributed by atoms with Crippen molar-refractivity contribution in [2.45, 2.75) is 43.4 Å². The predicted octanol–water partition coefficient (Wildman–Crippen LogP) is 3.02. The number of rotatable bonds is 4. The maximum Gasteiger partial charge on any atom is 0.273 e. The lowest BCUT2D eigenvalue weighted by Gasteiger charge is -2.33. The molecule has 0 saturated heterocycles. The maximum absolute atomic E-state index is 14.7. The number of hydrogen-bond acceptors (Lipinski definition) is 5. The Hall–Kier alpha value is -2.61. The molecule has 2 aliphatic rings. The first kappa shape index (κ1) is 17.8. The Morgan fingerprint density at radius 1 is 1.07 bits per heavy atom. The Morgan fingerprint density at radius 2 is 1.70 bits per heavy atom. The Morgan fingerprint density at radius 3 is 2.30 bits per heavy atom. The van der Waals surface area contributed by atoms with Gasteiger partial charge in [-0.2, -0.15) is 8.75 Å². The van der Waals surface area contributed by atoms with Gasteiger partial charge in [-0.25, -0.2) is 4.39 Å². The van der Waals surface area contributed by atoms with E-state index in [2.05, 4.69) is 19.4 Å². The number of aromatic nitrogens is 2. The van der Waals surface area contributed by atoms with E-state index in [1.165, 1.54) is 6.20 Å². The summed E-state index contributed by atoms with van der Waals surface area (Å²) in [6, 6.07) is 7.17. The van der Waals surface area contributed by atoms with E-state index in [-0.39, 0.29) is 30.8 Å². The second kappa shape index (κ2) is 7.19. The summed E-state index contributed by atoms with van der Waals surface area (Å²) in [6.07, 6.45) is 6.34. The number of carbonyl (C=O) groups is 2. The molecule has 2 unspecified atom stereocenters. The molecule has 0 spiro atoms. The fraction of sp³-hybridized carbons (Fsp3) is 0.368. The molecule has 0 radical (unpaired) electrons. The number of benzene rings is 1. The molecule has 27 heavy (non-hydrogen) atoms. The summed E-state index contributed by atoms with van der Waals surface area (Å²) < 4.78 is 22.5. The van der Waals surface area contributed by atoms with Gasteiger partial charge in [-0.1, -0.05) is 36.4 Å². The third-order valence-electron chi connectivity index (χ3n) is 5.15. The van der Waals surface area contributed by atoms with Gasteiger partial charge in [0.15, 0.2) is 11.4 Å². The second-order valence-electron chi connectivity index (χ2n) is 6.90. The minimum atomic E-state index is -1.85. The molecule has 1 aromatic heterocycles. The number of halogens is 1. The molecule has 0 fully saturated rings. The molecule has 2 atom stereocenters. The number of carbonyl (C=O) groups excluding carboxylic acids is 2. The molecular formula is C19H19FN4O2S. The molecule has 1 aromatic carbocycles. The van der Waals surface area contributed by atoms with Crippen LogP contribution in [0.25, 0.3) is 0 Å². The van der Waals surface area contributed by atoms with E-state index in [1.807, 2.05) is 24.3 Å². The number of amides is 2. The van der Waals surface area contributed by atoms with Crippen molar-refractivity contribution < 1.29 is 14.0 Å². The molecule has 0 saturated carbocycles. The van der Waals surface area contributed by atoms with Crippen molar-refractivity contribution in [2.75, 3.05) is 0 Å². The number of hydrogen-bond donors (Lipinski definition) is 2. The van der Waals surface area contributed by atoms with E-state index in [1.54, 1.807) is 12.2 Å². The van der Waals surface area contributed by atoms with Gasteiger partial charge in [-0.05, 0) is 24.0 Å². The summed E-state index contributed by atoms with van der Waals surface area (Å²) >= 11 is 0.985. The molecule has 2 aromatic rings. The molecule has 1 heterocycles. The Labute approximate surface area is 160 Å². The lowest BCUT2D eigenvalue weighted by atomic mass is 9.83. The van der Waals surface area contributed by atoms with Gasteiger partial charge in [0.1, 0.15) is 0 Å². The van der Waals surface area contributed by atoms with Gasteiger partial charge in [0.05, 0.1) is 30.0 Å².